The van der Waals surface area contributed by atoms with Gasteiger partial charge >= 0.3 is 5.97 Å². The molecule has 0 spiro atoms. The van der Waals surface area contributed by atoms with Crippen LogP contribution in [0.2, 0.25) is 0 Å². The highest BCUT2D eigenvalue weighted by Gasteiger charge is 2.38. The average molecular weight is 274 g/mol. The predicted octanol–water partition coefficient (Wildman–Crippen LogP) is 0.0560. The molecule has 0 saturated carbocycles. The third-order valence-electron chi connectivity index (χ3n) is 3.31. The highest BCUT2D eigenvalue weighted by atomic mass is 32.2. The van der Waals surface area contributed by atoms with Gasteiger partial charge in [0.1, 0.15) is 11.4 Å². The largest absolute Gasteiger partial charge is 0.481 e. The number of hydrogen-bond acceptors (Lipinski definition) is 6. The summed E-state index contributed by atoms with van der Waals surface area (Å²) in [5.74, 6) is -2.11. The Bertz CT molecular complexity index is 550. The second kappa shape index (κ2) is 4.68. The van der Waals surface area contributed by atoms with Gasteiger partial charge in [0.05, 0.1) is 17.4 Å². The second-order valence-corrected chi connectivity index (χ2v) is 6.84. The Morgan fingerprint density at radius 1 is 1.56 bits per heavy atom. The smallest absolute Gasteiger partial charge is 0.307 e. The van der Waals surface area contributed by atoms with Crippen molar-refractivity contribution in [1.82, 2.24) is 10.3 Å². The van der Waals surface area contributed by atoms with E-state index in [1.54, 1.807) is 6.92 Å². The van der Waals surface area contributed by atoms with Gasteiger partial charge in [-0.15, -0.1) is 0 Å². The molecule has 1 aromatic heterocycles. The molecule has 0 radical (unpaired) electrons. The normalized spacial score (nSPS) is 23.9. The van der Waals surface area contributed by atoms with Crippen LogP contribution in [-0.2, 0) is 21.1 Å². The maximum atomic E-state index is 11.4. The topological polar surface area (TPSA) is 110 Å². The van der Waals surface area contributed by atoms with Gasteiger partial charge < -0.3 is 5.11 Å². The van der Waals surface area contributed by atoms with Crippen molar-refractivity contribution >= 4 is 15.8 Å². The van der Waals surface area contributed by atoms with Crippen LogP contribution in [0.1, 0.15) is 17.8 Å². The Morgan fingerprint density at radius 3 is 2.72 bits per heavy atom. The number of aryl methyl sites for hydroxylation is 1. The van der Waals surface area contributed by atoms with Gasteiger partial charge in [0.25, 0.3) is 0 Å². The summed E-state index contributed by atoms with van der Waals surface area (Å²) in [6.45, 7) is 1.68. The first-order chi connectivity index (χ1) is 8.39. The van der Waals surface area contributed by atoms with Crippen LogP contribution in [0, 0.1) is 18.8 Å². The fourth-order valence-corrected chi connectivity index (χ4v) is 4.12. The number of nitrogens with zero attached hydrogens (tertiary/aromatic N) is 2. The van der Waals surface area contributed by atoms with Crippen molar-refractivity contribution in [1.29, 1.82) is 0 Å². The van der Waals surface area contributed by atoms with Crippen LogP contribution in [0.3, 0.4) is 0 Å². The molecule has 1 aliphatic rings. The van der Waals surface area contributed by atoms with Crippen LogP contribution < -0.4 is 0 Å². The van der Waals surface area contributed by atoms with Gasteiger partial charge in [0.2, 0.25) is 0 Å². The number of aliphatic carboxylic acids is 1. The lowest BCUT2D eigenvalue weighted by Crippen LogP contribution is -2.27. The summed E-state index contributed by atoms with van der Waals surface area (Å²) in [4.78, 5) is 11.3. The van der Waals surface area contributed by atoms with Crippen LogP contribution in [0.5, 0.6) is 0 Å². The fourth-order valence-electron chi connectivity index (χ4n) is 2.24. The van der Waals surface area contributed by atoms with Crippen LogP contribution in [-0.4, -0.2) is 41.3 Å². The van der Waals surface area contributed by atoms with Gasteiger partial charge in [-0.2, -0.15) is 0 Å². The Labute approximate surface area is 104 Å². The third kappa shape index (κ3) is 2.69. The Morgan fingerprint density at radius 2 is 2.28 bits per heavy atom. The lowest BCUT2D eigenvalue weighted by molar-refractivity contribution is -0.143. The molecule has 2 rings (SSSR count). The maximum Gasteiger partial charge on any atom is 0.307 e. The van der Waals surface area contributed by atoms with E-state index < -0.39 is 21.7 Å². The molecule has 1 aromatic rings. The van der Waals surface area contributed by atoms with E-state index in [1.807, 2.05) is 0 Å². The molecular weight excluding hydrogens is 260 g/mol. The summed E-state index contributed by atoms with van der Waals surface area (Å²) in [6.07, 6.45) is 0.550. The summed E-state index contributed by atoms with van der Waals surface area (Å²) in [6, 6.07) is 0. The van der Waals surface area contributed by atoms with E-state index in [0.29, 0.717) is 17.8 Å². The van der Waals surface area contributed by atoms with Crippen molar-refractivity contribution in [2.45, 2.75) is 19.8 Å². The molecule has 2 atom stereocenters. The summed E-state index contributed by atoms with van der Waals surface area (Å²) in [5.41, 5.74) is 1.02. The molecular formula is C10H14N2O5S. The standard InChI is InChI=1S/C10H14N2O5S/c1-6-9(12-17-11-6)4-8(10(13)14)7-2-3-18(15,16)5-7/h7-8H,2-5H2,1H3,(H,13,14). The zero-order valence-corrected chi connectivity index (χ0v) is 10.7. The minimum absolute atomic E-state index is 0.0612. The van der Waals surface area contributed by atoms with E-state index >= 15 is 0 Å². The van der Waals surface area contributed by atoms with Gasteiger partial charge in [-0.3, -0.25) is 4.79 Å². The quantitative estimate of drug-likeness (QED) is 0.826. The van der Waals surface area contributed by atoms with Gasteiger partial charge in [0, 0.05) is 6.42 Å². The average Bonchev–Trinajstić information content (AvgIpc) is 2.81. The zero-order valence-electron chi connectivity index (χ0n) is 9.87. The minimum atomic E-state index is -3.09. The Hall–Kier alpha value is -1.44. The van der Waals surface area contributed by atoms with Crippen molar-refractivity contribution in [2.24, 2.45) is 11.8 Å². The molecule has 0 amide bonds. The van der Waals surface area contributed by atoms with E-state index in [4.69, 9.17) is 0 Å². The lowest BCUT2D eigenvalue weighted by Gasteiger charge is -2.16. The second-order valence-electron chi connectivity index (χ2n) is 4.61. The van der Waals surface area contributed by atoms with Crippen molar-refractivity contribution in [3.8, 4) is 0 Å². The first-order valence-electron chi connectivity index (χ1n) is 5.60. The third-order valence-corrected chi connectivity index (χ3v) is 5.11. The number of sulfone groups is 1. The number of carboxylic acid groups (broad SMARTS) is 1. The van der Waals surface area contributed by atoms with Crippen molar-refractivity contribution in [3.63, 3.8) is 0 Å². The van der Waals surface area contributed by atoms with Crippen LogP contribution in [0.4, 0.5) is 0 Å². The molecule has 1 aliphatic heterocycles. The Kier molecular flexibility index (Phi) is 3.38. The maximum absolute atomic E-state index is 11.4. The molecule has 8 heteroatoms. The van der Waals surface area contributed by atoms with E-state index in [2.05, 4.69) is 14.9 Å². The first kappa shape index (κ1) is 13.0. The van der Waals surface area contributed by atoms with E-state index in [0.717, 1.165) is 0 Å². The summed E-state index contributed by atoms with van der Waals surface area (Å²) in [7, 11) is -3.09. The van der Waals surface area contributed by atoms with Gasteiger partial charge in [-0.05, 0) is 19.3 Å². The van der Waals surface area contributed by atoms with Gasteiger partial charge in [0.15, 0.2) is 9.84 Å². The number of rotatable bonds is 4. The molecule has 0 aliphatic carbocycles. The molecule has 2 unspecified atom stereocenters. The summed E-state index contributed by atoms with van der Waals surface area (Å²) < 4.78 is 27.3. The van der Waals surface area contributed by atoms with Crippen LogP contribution in [0.15, 0.2) is 4.63 Å². The SMILES string of the molecule is Cc1nonc1CC(C(=O)O)C1CCS(=O)(=O)C1. The molecule has 0 bridgehead atoms. The van der Waals surface area contributed by atoms with E-state index in [9.17, 15) is 18.3 Å². The molecule has 2 heterocycles. The number of carbonyl (C=O) groups is 1. The number of carboxylic acids is 1. The summed E-state index contributed by atoms with van der Waals surface area (Å²) in [5, 5.41) is 16.5. The molecule has 18 heavy (non-hydrogen) atoms. The Balaban J connectivity index is 2.15. The highest BCUT2D eigenvalue weighted by Crippen LogP contribution is 2.29. The van der Waals surface area contributed by atoms with Crippen LogP contribution >= 0.6 is 0 Å². The summed E-state index contributed by atoms with van der Waals surface area (Å²) >= 11 is 0. The molecule has 1 N–H and O–H groups in total. The van der Waals surface area contributed by atoms with E-state index in [1.165, 1.54) is 0 Å². The molecule has 7 nitrogen and oxygen atoms in total. The zero-order chi connectivity index (χ0) is 13.3. The molecule has 0 aromatic carbocycles. The van der Waals surface area contributed by atoms with Crippen LogP contribution in [0.25, 0.3) is 0 Å². The monoisotopic (exact) mass is 274 g/mol. The lowest BCUT2D eigenvalue weighted by atomic mass is 9.87. The predicted molar refractivity (Wildman–Crippen MR) is 60.6 cm³/mol. The highest BCUT2D eigenvalue weighted by molar-refractivity contribution is 7.91. The van der Waals surface area contributed by atoms with Crippen molar-refractivity contribution in [2.75, 3.05) is 11.5 Å². The number of hydrogen-bond donors (Lipinski definition) is 1. The van der Waals surface area contributed by atoms with E-state index in [-0.39, 0.29) is 23.8 Å². The fraction of sp³-hybridized carbons (Fsp3) is 0.700. The van der Waals surface area contributed by atoms with Crippen molar-refractivity contribution in [3.05, 3.63) is 11.4 Å². The molecule has 1 saturated heterocycles. The molecule has 100 valence electrons. The van der Waals surface area contributed by atoms with Crippen molar-refractivity contribution < 1.29 is 22.9 Å². The van der Waals surface area contributed by atoms with Gasteiger partial charge in [-0.1, -0.05) is 10.3 Å². The minimum Gasteiger partial charge on any atom is -0.481 e. The molecule has 1 fully saturated rings. The first-order valence-corrected chi connectivity index (χ1v) is 7.42. The number of aromatic nitrogens is 2. The van der Waals surface area contributed by atoms with Gasteiger partial charge in [-0.25, -0.2) is 13.0 Å².